The van der Waals surface area contributed by atoms with Crippen LogP contribution in [0.3, 0.4) is 0 Å². The first kappa shape index (κ1) is 17.3. The molecule has 0 radical (unpaired) electrons. The summed E-state index contributed by atoms with van der Waals surface area (Å²) in [4.78, 5) is 0. The van der Waals surface area contributed by atoms with Gasteiger partial charge in [-0.1, -0.05) is 0 Å². The van der Waals surface area contributed by atoms with Gasteiger partial charge < -0.3 is 21.7 Å². The third kappa shape index (κ3) is 4.92. The number of benzene rings is 2. The van der Waals surface area contributed by atoms with E-state index >= 15 is 0 Å². The Morgan fingerprint density at radius 1 is 1.06 bits per heavy atom. The summed E-state index contributed by atoms with van der Waals surface area (Å²) in [5.41, 5.74) is 0.854. The second-order valence-electron chi connectivity index (χ2n) is 3.25. The first-order valence-electron chi connectivity index (χ1n) is 4.79. The van der Waals surface area contributed by atoms with Gasteiger partial charge in [-0.25, -0.2) is 8.78 Å². The monoisotopic (exact) mass is 322 g/mol. The molecule has 5 heteroatoms. The Bertz CT molecular complexity index is 480. The maximum absolute atomic E-state index is 12.8. The van der Waals surface area contributed by atoms with Gasteiger partial charge in [0.2, 0.25) is 0 Å². The smallest absolute Gasteiger partial charge is 1.00 e. The Morgan fingerprint density at radius 3 is 2.44 bits per heavy atom. The van der Waals surface area contributed by atoms with E-state index in [9.17, 15) is 8.78 Å². The quantitative estimate of drug-likeness (QED) is 0.569. The summed E-state index contributed by atoms with van der Waals surface area (Å²) in [5, 5.41) is 0. The molecule has 0 heterocycles. The van der Waals surface area contributed by atoms with Crippen LogP contribution < -0.4 is 21.7 Å². The van der Waals surface area contributed by atoms with Crippen molar-refractivity contribution in [3.05, 3.63) is 65.7 Å². The molecule has 0 spiro atoms. The Labute approximate surface area is 131 Å². The zero-order valence-electron chi connectivity index (χ0n) is 9.50. The molecule has 0 saturated carbocycles. The molecule has 0 aliphatic heterocycles. The van der Waals surface area contributed by atoms with E-state index in [4.69, 9.17) is 4.74 Å². The molecule has 0 fully saturated rings. The maximum atomic E-state index is 12.8. The fraction of sp³-hybridized carbons (Fsp3) is 0.0769. The van der Waals surface area contributed by atoms with Crippen LogP contribution in [0.5, 0.6) is 5.75 Å². The molecule has 0 atom stereocenters. The minimum Gasteiger partial charge on any atom is -1.00 e. The van der Waals surface area contributed by atoms with Gasteiger partial charge in [0.15, 0.2) is 11.6 Å². The molecule has 0 N–H and O–H groups in total. The summed E-state index contributed by atoms with van der Waals surface area (Å²) in [6.45, 7) is 0.284. The zero-order valence-corrected chi connectivity index (χ0v) is 12.5. The van der Waals surface area contributed by atoms with Crippen LogP contribution in [0.1, 0.15) is 5.56 Å². The summed E-state index contributed by atoms with van der Waals surface area (Å²) >= 11 is 0. The van der Waals surface area contributed by atoms with Crippen molar-refractivity contribution in [3.63, 3.8) is 0 Å². The first-order valence-corrected chi connectivity index (χ1v) is 4.79. The zero-order chi connectivity index (χ0) is 11.4. The first-order chi connectivity index (χ1) is 7.75. The summed E-state index contributed by atoms with van der Waals surface area (Å²) < 4.78 is 30.8. The molecule has 2 aromatic carbocycles. The standard InChI is InChI=1S/C13H9F2O.BrH.Mg/c14-12-7-6-11(8-13(12)15)16-9-10-4-2-1-3-5-10;;/h1-4,6-8H,9H2;1H;/q-1;;+2/p-1. The fourth-order valence-corrected chi connectivity index (χ4v) is 1.25. The molecule has 1 nitrogen and oxygen atoms in total. The van der Waals surface area contributed by atoms with Gasteiger partial charge in [-0.3, -0.25) is 0 Å². The number of hydrogen-bond acceptors (Lipinski definition) is 1. The third-order valence-corrected chi connectivity index (χ3v) is 2.06. The molecule has 0 aliphatic rings. The van der Waals surface area contributed by atoms with Crippen LogP contribution in [-0.4, -0.2) is 23.1 Å². The van der Waals surface area contributed by atoms with E-state index in [1.54, 1.807) is 6.07 Å². The van der Waals surface area contributed by atoms with E-state index in [0.717, 1.165) is 17.7 Å². The van der Waals surface area contributed by atoms with Crippen molar-refractivity contribution < 1.29 is 30.5 Å². The van der Waals surface area contributed by atoms with Crippen LogP contribution in [0.25, 0.3) is 0 Å². The van der Waals surface area contributed by atoms with Gasteiger partial charge in [0.25, 0.3) is 0 Å². The van der Waals surface area contributed by atoms with Gasteiger partial charge in [0.05, 0.1) is 6.61 Å². The molecule has 2 aromatic rings. The Balaban J connectivity index is 0.00000144. The minimum atomic E-state index is -0.908. The van der Waals surface area contributed by atoms with Gasteiger partial charge in [-0.15, -0.1) is 5.56 Å². The van der Waals surface area contributed by atoms with Crippen molar-refractivity contribution in [1.82, 2.24) is 0 Å². The maximum Gasteiger partial charge on any atom is 2.00 e. The van der Waals surface area contributed by atoms with Crippen LogP contribution in [0.15, 0.2) is 42.5 Å². The summed E-state index contributed by atoms with van der Waals surface area (Å²) in [6, 6.07) is 13.8. The van der Waals surface area contributed by atoms with Gasteiger partial charge in [-0.2, -0.15) is 30.3 Å². The SMILES string of the molecule is Fc1ccc(OCc2[c-]cccc2)cc1F.[Br-].[Mg+2]. The topological polar surface area (TPSA) is 9.23 Å². The molecular weight excluding hydrogens is 314 g/mol. The van der Waals surface area contributed by atoms with E-state index in [0.29, 0.717) is 5.75 Å². The van der Waals surface area contributed by atoms with Crippen LogP contribution in [0.2, 0.25) is 0 Å². The van der Waals surface area contributed by atoms with Crippen molar-refractivity contribution in [3.8, 4) is 5.75 Å². The molecule has 2 rings (SSSR count). The predicted octanol–water partition coefficient (Wildman–Crippen LogP) is -0.0328. The van der Waals surface area contributed by atoms with Crippen molar-refractivity contribution >= 4 is 23.1 Å². The van der Waals surface area contributed by atoms with E-state index < -0.39 is 11.6 Å². The van der Waals surface area contributed by atoms with Gasteiger partial charge >= 0.3 is 23.1 Å². The van der Waals surface area contributed by atoms with Crippen LogP contribution in [0.4, 0.5) is 8.78 Å². The number of rotatable bonds is 3. The van der Waals surface area contributed by atoms with Crippen LogP contribution in [0, 0.1) is 17.7 Å². The van der Waals surface area contributed by atoms with E-state index in [2.05, 4.69) is 6.07 Å². The minimum absolute atomic E-state index is 0. The number of halogens is 3. The number of hydrogen-bond donors (Lipinski definition) is 0. The summed E-state index contributed by atoms with van der Waals surface area (Å²) in [5.74, 6) is -1.48. The molecule has 0 bridgehead atoms. The third-order valence-electron chi connectivity index (χ3n) is 2.06. The Kier molecular flexibility index (Phi) is 8.14. The molecule has 0 amide bonds. The molecular formula is C13H9BrF2MgO. The Morgan fingerprint density at radius 2 is 1.83 bits per heavy atom. The van der Waals surface area contributed by atoms with Crippen LogP contribution >= 0.6 is 0 Å². The largest absolute Gasteiger partial charge is 2.00 e. The molecule has 18 heavy (non-hydrogen) atoms. The normalized spacial score (nSPS) is 9.00. The van der Waals surface area contributed by atoms with E-state index in [-0.39, 0.29) is 46.6 Å². The average molecular weight is 323 g/mol. The average Bonchev–Trinajstić information content (AvgIpc) is 2.32. The molecule has 0 saturated heterocycles. The van der Waals surface area contributed by atoms with Crippen molar-refractivity contribution in [1.29, 1.82) is 0 Å². The predicted molar refractivity (Wildman–Crippen MR) is 61.7 cm³/mol. The summed E-state index contributed by atoms with van der Waals surface area (Å²) in [7, 11) is 0. The van der Waals surface area contributed by atoms with Crippen LogP contribution in [-0.2, 0) is 6.61 Å². The second kappa shape index (κ2) is 8.45. The fourth-order valence-electron chi connectivity index (χ4n) is 1.25. The molecule has 0 unspecified atom stereocenters. The van der Waals surface area contributed by atoms with Gasteiger partial charge in [0, 0.05) is 6.07 Å². The summed E-state index contributed by atoms with van der Waals surface area (Å²) in [6.07, 6.45) is 0. The number of ether oxygens (including phenoxy) is 1. The van der Waals surface area contributed by atoms with Crippen molar-refractivity contribution in [2.45, 2.75) is 6.61 Å². The van der Waals surface area contributed by atoms with Gasteiger partial charge in [0.1, 0.15) is 5.75 Å². The van der Waals surface area contributed by atoms with Gasteiger partial charge in [-0.05, 0) is 12.1 Å². The molecule has 0 aliphatic carbocycles. The molecule has 90 valence electrons. The van der Waals surface area contributed by atoms with E-state index in [1.807, 2.05) is 18.2 Å². The van der Waals surface area contributed by atoms with Crippen molar-refractivity contribution in [2.75, 3.05) is 0 Å². The molecule has 0 aromatic heterocycles. The van der Waals surface area contributed by atoms with Crippen molar-refractivity contribution in [2.24, 2.45) is 0 Å². The second-order valence-corrected chi connectivity index (χ2v) is 3.25. The Hall–Kier alpha value is -0.654. The van der Waals surface area contributed by atoms with E-state index in [1.165, 1.54) is 6.07 Å².